The Morgan fingerprint density at radius 1 is 1.19 bits per heavy atom. The zero-order valence-corrected chi connectivity index (χ0v) is 16.8. The van der Waals surface area contributed by atoms with Crippen LogP contribution in [0.3, 0.4) is 0 Å². The Hall–Kier alpha value is -1.50. The maximum Gasteiger partial charge on any atom is 0.260 e. The molecule has 0 spiro atoms. The van der Waals surface area contributed by atoms with E-state index in [1.54, 1.807) is 22.7 Å². The molecule has 0 aliphatic heterocycles. The molecule has 1 aliphatic carbocycles. The van der Waals surface area contributed by atoms with Gasteiger partial charge in [0.2, 0.25) is 0 Å². The number of H-pyrrole nitrogens is 1. The Morgan fingerprint density at radius 3 is 2.69 bits per heavy atom. The zero-order valence-electron chi connectivity index (χ0n) is 15.2. The fraction of sp³-hybridized carbons (Fsp3) is 0.500. The van der Waals surface area contributed by atoms with Gasteiger partial charge in [-0.05, 0) is 44.1 Å². The van der Waals surface area contributed by atoms with Crippen LogP contribution >= 0.6 is 22.7 Å². The molecule has 1 fully saturated rings. The van der Waals surface area contributed by atoms with E-state index in [0.717, 1.165) is 26.5 Å². The number of thiophene rings is 2. The number of nitrogens with one attached hydrogen (secondary N) is 1. The second kappa shape index (κ2) is 8.03. The summed E-state index contributed by atoms with van der Waals surface area (Å²) in [5, 5.41) is 7.26. The number of hydrogen-bond donors (Lipinski definition) is 2. The highest BCUT2D eigenvalue weighted by atomic mass is 32.1. The van der Waals surface area contributed by atoms with Crippen LogP contribution in [0.1, 0.15) is 63.7 Å². The van der Waals surface area contributed by atoms with Crippen molar-refractivity contribution in [3.8, 4) is 10.4 Å². The summed E-state index contributed by atoms with van der Waals surface area (Å²) in [6.07, 6.45) is 9.31. The van der Waals surface area contributed by atoms with Gasteiger partial charge in [0.1, 0.15) is 10.9 Å². The molecule has 3 aromatic heterocycles. The van der Waals surface area contributed by atoms with Gasteiger partial charge in [0.05, 0.1) is 11.4 Å². The van der Waals surface area contributed by atoms with E-state index in [4.69, 9.17) is 4.98 Å². The number of fused-ring (bicyclic) bond motifs is 1. The maximum absolute atomic E-state index is 12.8. The fourth-order valence-electron chi connectivity index (χ4n) is 3.97. The highest BCUT2D eigenvalue weighted by molar-refractivity contribution is 7.18. The minimum atomic E-state index is -0.00688. The van der Waals surface area contributed by atoms with Crippen molar-refractivity contribution in [2.24, 2.45) is 0 Å². The summed E-state index contributed by atoms with van der Waals surface area (Å²) in [6, 6.07) is 4.91. The number of quaternary nitrogens is 1. The molecule has 0 unspecified atom stereocenters. The second-order valence-corrected chi connectivity index (χ2v) is 9.15. The molecule has 1 saturated carbocycles. The van der Waals surface area contributed by atoms with Crippen molar-refractivity contribution in [3.63, 3.8) is 0 Å². The molecule has 1 atom stereocenters. The molecule has 3 aromatic rings. The molecular formula is C20H26N3OS2+. The number of nitrogens with two attached hydrogens (primary N) is 1. The summed E-state index contributed by atoms with van der Waals surface area (Å²) in [7, 11) is 0. The van der Waals surface area contributed by atoms with Crippen LogP contribution in [-0.4, -0.2) is 16.0 Å². The highest BCUT2D eigenvalue weighted by Crippen LogP contribution is 2.33. The summed E-state index contributed by atoms with van der Waals surface area (Å²) >= 11 is 3.23. The Bertz CT molecular complexity index is 905. The lowest BCUT2D eigenvalue weighted by Gasteiger charge is -2.21. The topological polar surface area (TPSA) is 62.4 Å². The van der Waals surface area contributed by atoms with Gasteiger partial charge in [0.25, 0.3) is 5.56 Å². The molecule has 0 bridgehead atoms. The van der Waals surface area contributed by atoms with Crippen molar-refractivity contribution in [3.05, 3.63) is 39.1 Å². The molecule has 26 heavy (non-hydrogen) atoms. The van der Waals surface area contributed by atoms with E-state index < -0.39 is 0 Å². The molecular weight excluding hydrogens is 362 g/mol. The largest absolute Gasteiger partial charge is 0.335 e. The van der Waals surface area contributed by atoms with Gasteiger partial charge < -0.3 is 10.3 Å². The molecule has 0 aromatic carbocycles. The molecule has 1 aliphatic rings. The van der Waals surface area contributed by atoms with E-state index in [0.29, 0.717) is 6.04 Å². The van der Waals surface area contributed by atoms with Crippen LogP contribution < -0.4 is 10.9 Å². The SMILES string of the molecule is C[C@@H]([NH2+]C1CCCCCCC1)c1nc2scc(-c3cccs3)c2c(=O)[nH]1. The Morgan fingerprint density at radius 2 is 1.96 bits per heavy atom. The predicted molar refractivity (Wildman–Crippen MR) is 110 cm³/mol. The van der Waals surface area contributed by atoms with Gasteiger partial charge in [-0.25, -0.2) is 4.98 Å². The molecule has 3 N–H and O–H groups in total. The Labute approximate surface area is 161 Å². The Balaban J connectivity index is 1.58. The van der Waals surface area contributed by atoms with Crippen LogP contribution in [0.5, 0.6) is 0 Å². The van der Waals surface area contributed by atoms with E-state index in [-0.39, 0.29) is 11.6 Å². The first-order chi connectivity index (χ1) is 12.7. The molecule has 0 radical (unpaired) electrons. The van der Waals surface area contributed by atoms with Crippen molar-refractivity contribution < 1.29 is 5.32 Å². The third-order valence-corrected chi connectivity index (χ3v) is 7.17. The van der Waals surface area contributed by atoms with Gasteiger partial charge in [-0.1, -0.05) is 25.3 Å². The lowest BCUT2D eigenvalue weighted by Crippen LogP contribution is -2.90. The molecule has 0 amide bonds. The number of aromatic amines is 1. The zero-order chi connectivity index (χ0) is 17.9. The molecule has 0 saturated heterocycles. The van der Waals surface area contributed by atoms with Crippen LogP contribution in [0.15, 0.2) is 27.7 Å². The molecule has 4 nitrogen and oxygen atoms in total. The number of rotatable bonds is 4. The van der Waals surface area contributed by atoms with Crippen molar-refractivity contribution in [1.82, 2.24) is 9.97 Å². The monoisotopic (exact) mass is 388 g/mol. The van der Waals surface area contributed by atoms with Crippen molar-refractivity contribution in [1.29, 1.82) is 0 Å². The quantitative estimate of drug-likeness (QED) is 0.693. The van der Waals surface area contributed by atoms with E-state index in [1.807, 2.05) is 11.4 Å². The highest BCUT2D eigenvalue weighted by Gasteiger charge is 2.22. The number of hydrogen-bond acceptors (Lipinski definition) is 4. The first-order valence-electron chi connectivity index (χ1n) is 9.62. The molecule has 6 heteroatoms. The van der Waals surface area contributed by atoms with Crippen LogP contribution in [0.4, 0.5) is 0 Å². The summed E-state index contributed by atoms with van der Waals surface area (Å²) in [5.74, 6) is 0.809. The van der Waals surface area contributed by atoms with Crippen molar-refractivity contribution >= 4 is 32.9 Å². The number of nitrogens with zero attached hydrogens (tertiary/aromatic N) is 1. The van der Waals surface area contributed by atoms with Crippen LogP contribution in [-0.2, 0) is 0 Å². The molecule has 4 rings (SSSR count). The van der Waals surface area contributed by atoms with Gasteiger partial charge in [-0.2, -0.15) is 0 Å². The van der Waals surface area contributed by atoms with Crippen LogP contribution in [0, 0.1) is 0 Å². The van der Waals surface area contributed by atoms with E-state index in [2.05, 4.69) is 28.7 Å². The second-order valence-electron chi connectivity index (χ2n) is 7.34. The lowest BCUT2D eigenvalue weighted by molar-refractivity contribution is -0.727. The lowest BCUT2D eigenvalue weighted by atomic mass is 9.96. The third-order valence-electron chi connectivity index (χ3n) is 5.39. The van der Waals surface area contributed by atoms with Crippen LogP contribution in [0.2, 0.25) is 0 Å². The average Bonchev–Trinajstić information content (AvgIpc) is 3.26. The van der Waals surface area contributed by atoms with Gasteiger partial charge in [0, 0.05) is 15.8 Å². The summed E-state index contributed by atoms with van der Waals surface area (Å²) in [4.78, 5) is 22.6. The van der Waals surface area contributed by atoms with Crippen LogP contribution in [0.25, 0.3) is 20.7 Å². The predicted octanol–water partition coefficient (Wildman–Crippen LogP) is 4.45. The normalized spacial score (nSPS) is 17.9. The molecule has 138 valence electrons. The summed E-state index contributed by atoms with van der Waals surface area (Å²) in [5.41, 5.74) is 1.00. The third kappa shape index (κ3) is 3.77. The van der Waals surface area contributed by atoms with Gasteiger partial charge in [0.15, 0.2) is 5.82 Å². The first kappa shape index (κ1) is 17.9. The van der Waals surface area contributed by atoms with Crippen molar-refractivity contribution in [2.75, 3.05) is 0 Å². The van der Waals surface area contributed by atoms with Gasteiger partial charge >= 0.3 is 0 Å². The first-order valence-corrected chi connectivity index (χ1v) is 11.4. The standard InChI is InChI=1S/C20H25N3OS2/c1-13(21-14-8-5-3-2-4-6-9-14)18-22-19(24)17-15(12-26-20(17)23-18)16-10-7-11-25-16/h7,10-14,21H,2-6,8-9H2,1H3,(H,22,23,24)/p+1/t13-/m1/s1. The minimum Gasteiger partial charge on any atom is -0.335 e. The smallest absolute Gasteiger partial charge is 0.260 e. The fourth-order valence-corrected chi connectivity index (χ4v) is 5.74. The summed E-state index contributed by atoms with van der Waals surface area (Å²) in [6.45, 7) is 2.16. The van der Waals surface area contributed by atoms with Crippen molar-refractivity contribution in [2.45, 2.75) is 64.0 Å². The minimum absolute atomic E-state index is 0.00688. The maximum atomic E-state index is 12.8. The van der Waals surface area contributed by atoms with E-state index >= 15 is 0 Å². The average molecular weight is 389 g/mol. The van der Waals surface area contributed by atoms with Gasteiger partial charge in [-0.15, -0.1) is 22.7 Å². The molecule has 3 heterocycles. The van der Waals surface area contributed by atoms with E-state index in [1.165, 1.54) is 44.9 Å². The summed E-state index contributed by atoms with van der Waals surface area (Å²) < 4.78 is 0. The number of aromatic nitrogens is 2. The van der Waals surface area contributed by atoms with E-state index in [9.17, 15) is 4.79 Å². The Kier molecular flexibility index (Phi) is 5.52. The van der Waals surface area contributed by atoms with Gasteiger partial charge in [-0.3, -0.25) is 4.79 Å².